The number of carboxylic acids is 1. The van der Waals surface area contributed by atoms with Crippen LogP contribution < -0.4 is 4.74 Å². The van der Waals surface area contributed by atoms with Gasteiger partial charge in [-0.15, -0.1) is 0 Å². The summed E-state index contributed by atoms with van der Waals surface area (Å²) < 4.78 is 5.92. The van der Waals surface area contributed by atoms with E-state index in [9.17, 15) is 9.90 Å². The minimum atomic E-state index is -0.675. The van der Waals surface area contributed by atoms with Gasteiger partial charge in [0.25, 0.3) is 0 Å². The van der Waals surface area contributed by atoms with Gasteiger partial charge in [0, 0.05) is 12.8 Å². The van der Waals surface area contributed by atoms with E-state index in [1.54, 1.807) is 0 Å². The Morgan fingerprint density at radius 2 is 2.21 bits per heavy atom. The van der Waals surface area contributed by atoms with Gasteiger partial charge < -0.3 is 9.84 Å². The maximum Gasteiger partial charge on any atom is 0.309 e. The standard InChI is InChI=1S/C16H20O3/c1-10-3-6-14-11(7-10)8-13(19-14)9-16(2,15(17)18)12-4-5-12/h3,6-7,12-13H,4-5,8-9H2,1-2H3,(H,17,18). The second-order valence-corrected chi connectivity index (χ2v) is 6.26. The van der Waals surface area contributed by atoms with Crippen molar-refractivity contribution in [1.82, 2.24) is 0 Å². The fourth-order valence-electron chi connectivity index (χ4n) is 3.19. The molecule has 0 amide bonds. The first kappa shape index (κ1) is 12.5. The predicted octanol–water partition coefficient (Wildman–Crippen LogP) is 3.19. The van der Waals surface area contributed by atoms with Crippen molar-refractivity contribution < 1.29 is 14.6 Å². The van der Waals surface area contributed by atoms with Crippen LogP contribution in [0.5, 0.6) is 5.75 Å². The first-order valence-electron chi connectivity index (χ1n) is 6.98. The van der Waals surface area contributed by atoms with E-state index in [0.29, 0.717) is 12.3 Å². The molecule has 2 aliphatic rings. The molecule has 0 bridgehead atoms. The van der Waals surface area contributed by atoms with E-state index in [4.69, 9.17) is 4.74 Å². The lowest BCUT2D eigenvalue weighted by Crippen LogP contribution is -2.35. The highest BCUT2D eigenvalue weighted by atomic mass is 16.5. The normalized spacial score (nSPS) is 24.4. The Hall–Kier alpha value is -1.51. The first-order chi connectivity index (χ1) is 8.99. The quantitative estimate of drug-likeness (QED) is 0.904. The highest BCUT2D eigenvalue weighted by Gasteiger charge is 2.49. The molecule has 19 heavy (non-hydrogen) atoms. The summed E-state index contributed by atoms with van der Waals surface area (Å²) in [7, 11) is 0. The molecule has 2 unspecified atom stereocenters. The van der Waals surface area contributed by atoms with Crippen LogP contribution in [-0.4, -0.2) is 17.2 Å². The Morgan fingerprint density at radius 1 is 1.47 bits per heavy atom. The van der Waals surface area contributed by atoms with Crippen LogP contribution in [0.3, 0.4) is 0 Å². The van der Waals surface area contributed by atoms with Crippen LogP contribution in [0, 0.1) is 18.3 Å². The van der Waals surface area contributed by atoms with Gasteiger partial charge in [0.1, 0.15) is 11.9 Å². The highest BCUT2D eigenvalue weighted by molar-refractivity contribution is 5.75. The van der Waals surface area contributed by atoms with E-state index >= 15 is 0 Å². The molecule has 0 radical (unpaired) electrons. The average molecular weight is 260 g/mol. The lowest BCUT2D eigenvalue weighted by molar-refractivity contribution is -0.151. The zero-order chi connectivity index (χ0) is 13.6. The second kappa shape index (κ2) is 4.26. The van der Waals surface area contributed by atoms with E-state index in [1.807, 2.05) is 19.1 Å². The van der Waals surface area contributed by atoms with Crippen molar-refractivity contribution in [1.29, 1.82) is 0 Å². The lowest BCUT2D eigenvalue weighted by Gasteiger charge is -2.27. The van der Waals surface area contributed by atoms with Crippen LogP contribution in [-0.2, 0) is 11.2 Å². The van der Waals surface area contributed by atoms with Gasteiger partial charge in [-0.25, -0.2) is 0 Å². The van der Waals surface area contributed by atoms with E-state index in [-0.39, 0.29) is 6.10 Å². The van der Waals surface area contributed by atoms with Crippen LogP contribution in [0.15, 0.2) is 18.2 Å². The summed E-state index contributed by atoms with van der Waals surface area (Å²) in [5, 5.41) is 9.51. The molecule has 3 nitrogen and oxygen atoms in total. The van der Waals surface area contributed by atoms with Crippen molar-refractivity contribution in [2.75, 3.05) is 0 Å². The van der Waals surface area contributed by atoms with E-state index in [1.165, 1.54) is 11.1 Å². The Morgan fingerprint density at radius 3 is 2.84 bits per heavy atom. The number of ether oxygens (including phenoxy) is 1. The molecule has 1 aliphatic carbocycles. The molecule has 1 fully saturated rings. The molecule has 2 atom stereocenters. The van der Waals surface area contributed by atoms with E-state index in [2.05, 4.69) is 13.0 Å². The van der Waals surface area contributed by atoms with Crippen molar-refractivity contribution in [2.24, 2.45) is 11.3 Å². The van der Waals surface area contributed by atoms with Crippen molar-refractivity contribution in [3.8, 4) is 5.75 Å². The minimum absolute atomic E-state index is 0.0125. The van der Waals surface area contributed by atoms with Gasteiger partial charge >= 0.3 is 5.97 Å². The summed E-state index contributed by atoms with van der Waals surface area (Å²) in [5.41, 5.74) is 1.82. The Kier molecular flexibility index (Phi) is 2.80. The Balaban J connectivity index is 1.74. The van der Waals surface area contributed by atoms with E-state index < -0.39 is 11.4 Å². The van der Waals surface area contributed by atoms with Gasteiger partial charge in [-0.05, 0) is 44.2 Å². The summed E-state index contributed by atoms with van der Waals surface area (Å²) in [6.07, 6.45) is 3.55. The van der Waals surface area contributed by atoms with Crippen LogP contribution >= 0.6 is 0 Å². The third-order valence-corrected chi connectivity index (χ3v) is 4.58. The molecule has 3 rings (SSSR count). The number of benzene rings is 1. The molecule has 0 saturated heterocycles. The number of aliphatic carboxylic acids is 1. The zero-order valence-electron chi connectivity index (χ0n) is 11.5. The first-order valence-corrected chi connectivity index (χ1v) is 6.98. The third kappa shape index (κ3) is 2.22. The summed E-state index contributed by atoms with van der Waals surface area (Å²) in [4.78, 5) is 11.6. The maximum absolute atomic E-state index is 11.6. The van der Waals surface area contributed by atoms with Gasteiger partial charge in [0.05, 0.1) is 5.41 Å². The molecule has 102 valence electrons. The van der Waals surface area contributed by atoms with Crippen molar-refractivity contribution in [3.63, 3.8) is 0 Å². The number of hydrogen-bond acceptors (Lipinski definition) is 2. The van der Waals surface area contributed by atoms with Crippen LogP contribution in [0.1, 0.15) is 37.3 Å². The third-order valence-electron chi connectivity index (χ3n) is 4.58. The molecular formula is C16H20O3. The molecule has 1 aromatic rings. The monoisotopic (exact) mass is 260 g/mol. The highest BCUT2D eigenvalue weighted by Crippen LogP contribution is 2.49. The number of carboxylic acid groups (broad SMARTS) is 1. The van der Waals surface area contributed by atoms with Gasteiger partial charge in [-0.3, -0.25) is 4.79 Å². The SMILES string of the molecule is Cc1ccc2c(c1)CC(CC(C)(C(=O)O)C1CC1)O2. The van der Waals surface area contributed by atoms with Gasteiger partial charge in [0.2, 0.25) is 0 Å². The van der Waals surface area contributed by atoms with Crippen molar-refractivity contribution >= 4 is 5.97 Å². The zero-order valence-corrected chi connectivity index (χ0v) is 11.5. The molecule has 1 heterocycles. The smallest absolute Gasteiger partial charge is 0.309 e. The molecule has 1 aromatic carbocycles. The predicted molar refractivity (Wildman–Crippen MR) is 72.4 cm³/mol. The molecule has 1 N–H and O–H groups in total. The summed E-state index contributed by atoms with van der Waals surface area (Å²) in [6, 6.07) is 6.18. The number of carbonyl (C=O) groups is 1. The molecule has 0 spiro atoms. The number of aryl methyl sites for hydroxylation is 1. The fraction of sp³-hybridized carbons (Fsp3) is 0.562. The van der Waals surface area contributed by atoms with Crippen molar-refractivity contribution in [2.45, 2.75) is 45.6 Å². The Labute approximate surface area is 113 Å². The second-order valence-electron chi connectivity index (χ2n) is 6.26. The summed E-state index contributed by atoms with van der Waals surface area (Å²) in [6.45, 7) is 3.95. The van der Waals surface area contributed by atoms with Crippen molar-refractivity contribution in [3.05, 3.63) is 29.3 Å². The van der Waals surface area contributed by atoms with Crippen LogP contribution in [0.4, 0.5) is 0 Å². The van der Waals surface area contributed by atoms with Gasteiger partial charge in [-0.1, -0.05) is 17.7 Å². The molecule has 0 aromatic heterocycles. The number of hydrogen-bond donors (Lipinski definition) is 1. The molecule has 1 aliphatic heterocycles. The van der Waals surface area contributed by atoms with Crippen LogP contribution in [0.2, 0.25) is 0 Å². The van der Waals surface area contributed by atoms with E-state index in [0.717, 1.165) is 25.0 Å². The largest absolute Gasteiger partial charge is 0.490 e. The lowest BCUT2D eigenvalue weighted by atomic mass is 9.79. The van der Waals surface area contributed by atoms with Crippen LogP contribution in [0.25, 0.3) is 0 Å². The summed E-state index contributed by atoms with van der Waals surface area (Å²) in [5.74, 6) is 0.587. The maximum atomic E-state index is 11.6. The molecule has 3 heteroatoms. The minimum Gasteiger partial charge on any atom is -0.490 e. The number of rotatable bonds is 4. The van der Waals surface area contributed by atoms with Gasteiger partial charge in [0.15, 0.2) is 0 Å². The van der Waals surface area contributed by atoms with Gasteiger partial charge in [-0.2, -0.15) is 0 Å². The fourth-order valence-corrected chi connectivity index (χ4v) is 3.19. The summed E-state index contributed by atoms with van der Waals surface area (Å²) >= 11 is 0. The average Bonchev–Trinajstić information content (AvgIpc) is 3.11. The Bertz CT molecular complexity index is 519. The molecule has 1 saturated carbocycles. The number of fused-ring (bicyclic) bond motifs is 1. The molecular weight excluding hydrogens is 240 g/mol. The topological polar surface area (TPSA) is 46.5 Å².